The molecule has 1 saturated carbocycles. The van der Waals surface area contributed by atoms with Crippen LogP contribution in [-0.2, 0) is 0 Å². The van der Waals surface area contributed by atoms with Crippen LogP contribution in [-0.4, -0.2) is 6.04 Å². The standard InChI is InChI=1S/C18H29N/c1-5-17(15-9-7-6-8-10-15)19-16-11-14(2)12-18(3,4)13-16/h6-10,14,16-17,19H,5,11-13H2,1-4H3. The van der Waals surface area contributed by atoms with E-state index in [1.54, 1.807) is 0 Å². The normalized spacial score (nSPS) is 28.0. The first kappa shape index (κ1) is 14.6. The molecule has 1 heteroatoms. The molecule has 0 amide bonds. The minimum Gasteiger partial charge on any atom is -0.307 e. The molecule has 0 saturated heterocycles. The summed E-state index contributed by atoms with van der Waals surface area (Å²) in [5, 5.41) is 3.91. The lowest BCUT2D eigenvalue weighted by molar-refractivity contribution is 0.143. The average molecular weight is 259 g/mol. The highest BCUT2D eigenvalue weighted by atomic mass is 15.0. The van der Waals surface area contributed by atoms with Gasteiger partial charge in [-0.2, -0.15) is 0 Å². The Kier molecular flexibility index (Phi) is 4.67. The predicted molar refractivity (Wildman–Crippen MR) is 83.2 cm³/mol. The number of hydrogen-bond donors (Lipinski definition) is 1. The molecule has 106 valence electrons. The number of rotatable bonds is 4. The molecule has 1 aromatic rings. The first-order chi connectivity index (χ1) is 9.00. The SMILES string of the molecule is CCC(NC1CC(C)CC(C)(C)C1)c1ccccc1. The van der Waals surface area contributed by atoms with Gasteiger partial charge in [0.1, 0.15) is 0 Å². The van der Waals surface area contributed by atoms with Crippen molar-refractivity contribution in [3.8, 4) is 0 Å². The van der Waals surface area contributed by atoms with Crippen LogP contribution in [0.25, 0.3) is 0 Å². The second-order valence-electron chi connectivity index (χ2n) is 7.15. The highest BCUT2D eigenvalue weighted by molar-refractivity contribution is 5.19. The van der Waals surface area contributed by atoms with E-state index in [2.05, 4.69) is 63.3 Å². The van der Waals surface area contributed by atoms with Crippen LogP contribution in [0.4, 0.5) is 0 Å². The van der Waals surface area contributed by atoms with E-state index >= 15 is 0 Å². The molecule has 1 nitrogen and oxygen atoms in total. The molecule has 1 aliphatic rings. The average Bonchev–Trinajstić information content (AvgIpc) is 2.34. The van der Waals surface area contributed by atoms with Crippen LogP contribution in [0, 0.1) is 11.3 Å². The number of nitrogens with one attached hydrogen (secondary N) is 1. The summed E-state index contributed by atoms with van der Waals surface area (Å²) < 4.78 is 0. The number of hydrogen-bond acceptors (Lipinski definition) is 1. The Morgan fingerprint density at radius 2 is 1.89 bits per heavy atom. The maximum absolute atomic E-state index is 3.91. The highest BCUT2D eigenvalue weighted by Gasteiger charge is 2.32. The lowest BCUT2D eigenvalue weighted by Crippen LogP contribution is -2.41. The minimum atomic E-state index is 0.490. The molecule has 0 spiro atoms. The molecule has 2 rings (SSSR count). The lowest BCUT2D eigenvalue weighted by atomic mass is 9.70. The third-order valence-corrected chi connectivity index (χ3v) is 4.43. The molecule has 0 radical (unpaired) electrons. The highest BCUT2D eigenvalue weighted by Crippen LogP contribution is 2.39. The van der Waals surface area contributed by atoms with Crippen molar-refractivity contribution in [2.24, 2.45) is 11.3 Å². The molecule has 19 heavy (non-hydrogen) atoms. The Labute approximate surface area is 118 Å². The minimum absolute atomic E-state index is 0.490. The molecule has 0 aromatic heterocycles. The van der Waals surface area contributed by atoms with Gasteiger partial charge >= 0.3 is 0 Å². The fourth-order valence-electron chi connectivity index (χ4n) is 3.89. The van der Waals surface area contributed by atoms with Gasteiger partial charge in [-0.3, -0.25) is 0 Å². The van der Waals surface area contributed by atoms with Gasteiger partial charge in [-0.15, -0.1) is 0 Å². The summed E-state index contributed by atoms with van der Waals surface area (Å²) in [6.07, 6.45) is 5.16. The predicted octanol–water partition coefficient (Wildman–Crippen LogP) is 4.94. The number of benzene rings is 1. The van der Waals surface area contributed by atoms with Crippen molar-refractivity contribution in [3.05, 3.63) is 35.9 Å². The summed E-state index contributed by atoms with van der Waals surface area (Å²) >= 11 is 0. The second-order valence-corrected chi connectivity index (χ2v) is 7.15. The second kappa shape index (κ2) is 6.09. The van der Waals surface area contributed by atoms with Gasteiger partial charge in [0, 0.05) is 12.1 Å². The molecule has 3 atom stereocenters. The van der Waals surface area contributed by atoms with Gasteiger partial charge in [0.25, 0.3) is 0 Å². The van der Waals surface area contributed by atoms with Crippen LogP contribution in [0.5, 0.6) is 0 Å². The summed E-state index contributed by atoms with van der Waals surface area (Å²) in [5.41, 5.74) is 1.92. The fraction of sp³-hybridized carbons (Fsp3) is 0.667. The van der Waals surface area contributed by atoms with Gasteiger partial charge in [-0.05, 0) is 42.6 Å². The van der Waals surface area contributed by atoms with Crippen LogP contribution in [0.3, 0.4) is 0 Å². The molecule has 0 aliphatic heterocycles. The van der Waals surface area contributed by atoms with Crippen LogP contribution < -0.4 is 5.32 Å². The van der Waals surface area contributed by atoms with E-state index in [1.165, 1.54) is 24.8 Å². The van der Waals surface area contributed by atoms with Crippen LogP contribution in [0.2, 0.25) is 0 Å². The van der Waals surface area contributed by atoms with Gasteiger partial charge in [-0.25, -0.2) is 0 Å². The largest absolute Gasteiger partial charge is 0.307 e. The van der Waals surface area contributed by atoms with Gasteiger partial charge in [-0.1, -0.05) is 58.0 Å². The summed E-state index contributed by atoms with van der Waals surface area (Å²) in [6, 6.07) is 12.1. The van der Waals surface area contributed by atoms with Gasteiger partial charge in [0.05, 0.1) is 0 Å². The van der Waals surface area contributed by atoms with E-state index in [9.17, 15) is 0 Å². The van der Waals surface area contributed by atoms with E-state index in [-0.39, 0.29) is 0 Å². The first-order valence-electron chi connectivity index (χ1n) is 7.81. The van der Waals surface area contributed by atoms with Crippen molar-refractivity contribution in [1.82, 2.24) is 5.32 Å². The molecule has 3 unspecified atom stereocenters. The van der Waals surface area contributed by atoms with E-state index in [4.69, 9.17) is 0 Å². The summed E-state index contributed by atoms with van der Waals surface area (Å²) in [7, 11) is 0. The van der Waals surface area contributed by atoms with Crippen LogP contribution in [0.1, 0.15) is 65.0 Å². The Bertz CT molecular complexity index is 382. The maximum Gasteiger partial charge on any atom is 0.0320 e. The Morgan fingerprint density at radius 3 is 2.47 bits per heavy atom. The summed E-state index contributed by atoms with van der Waals surface area (Å²) in [5.74, 6) is 0.842. The van der Waals surface area contributed by atoms with Crippen molar-refractivity contribution in [2.75, 3.05) is 0 Å². The van der Waals surface area contributed by atoms with Crippen LogP contribution in [0.15, 0.2) is 30.3 Å². The first-order valence-corrected chi connectivity index (χ1v) is 7.81. The Hall–Kier alpha value is -0.820. The van der Waals surface area contributed by atoms with Crippen molar-refractivity contribution in [1.29, 1.82) is 0 Å². The van der Waals surface area contributed by atoms with Gasteiger partial charge < -0.3 is 5.32 Å². The van der Waals surface area contributed by atoms with Crippen molar-refractivity contribution < 1.29 is 0 Å². The Morgan fingerprint density at radius 1 is 1.21 bits per heavy atom. The zero-order valence-electron chi connectivity index (χ0n) is 12.9. The Balaban J connectivity index is 2.02. The molecule has 1 fully saturated rings. The molecular formula is C18H29N. The zero-order chi connectivity index (χ0) is 13.9. The smallest absolute Gasteiger partial charge is 0.0320 e. The van der Waals surface area contributed by atoms with E-state index in [0.717, 1.165) is 12.3 Å². The van der Waals surface area contributed by atoms with E-state index < -0.39 is 0 Å². The molecule has 0 bridgehead atoms. The van der Waals surface area contributed by atoms with E-state index in [0.29, 0.717) is 17.5 Å². The zero-order valence-corrected chi connectivity index (χ0v) is 12.9. The van der Waals surface area contributed by atoms with Crippen molar-refractivity contribution >= 4 is 0 Å². The van der Waals surface area contributed by atoms with Gasteiger partial charge in [0.15, 0.2) is 0 Å². The molecule has 1 N–H and O–H groups in total. The molecule has 1 aliphatic carbocycles. The van der Waals surface area contributed by atoms with Crippen molar-refractivity contribution in [2.45, 2.75) is 65.5 Å². The van der Waals surface area contributed by atoms with Gasteiger partial charge in [0.2, 0.25) is 0 Å². The third-order valence-electron chi connectivity index (χ3n) is 4.43. The quantitative estimate of drug-likeness (QED) is 0.807. The van der Waals surface area contributed by atoms with Crippen molar-refractivity contribution in [3.63, 3.8) is 0 Å². The topological polar surface area (TPSA) is 12.0 Å². The monoisotopic (exact) mass is 259 g/mol. The fourth-order valence-corrected chi connectivity index (χ4v) is 3.89. The van der Waals surface area contributed by atoms with Crippen LogP contribution >= 0.6 is 0 Å². The van der Waals surface area contributed by atoms with E-state index in [1.807, 2.05) is 0 Å². The lowest BCUT2D eigenvalue weighted by Gasteiger charge is -2.40. The third kappa shape index (κ3) is 4.07. The molecule has 0 heterocycles. The maximum atomic E-state index is 3.91. The summed E-state index contributed by atoms with van der Waals surface area (Å²) in [4.78, 5) is 0. The summed E-state index contributed by atoms with van der Waals surface area (Å²) in [6.45, 7) is 9.52. The molecule has 1 aromatic carbocycles. The molecular weight excluding hydrogens is 230 g/mol.